The Balaban J connectivity index is 2.19. The van der Waals surface area contributed by atoms with Crippen LogP contribution in [0.3, 0.4) is 0 Å². The molecule has 6 N–H and O–H groups in total. The molecule has 6 nitrogen and oxygen atoms in total. The fraction of sp³-hybridized carbons (Fsp3) is 0.100. The zero-order valence-electron chi connectivity index (χ0n) is 14.2. The Morgan fingerprint density at radius 1 is 0.962 bits per heavy atom. The van der Waals surface area contributed by atoms with Gasteiger partial charge in [0.1, 0.15) is 0 Å². The van der Waals surface area contributed by atoms with Crippen molar-refractivity contribution in [1.29, 1.82) is 0 Å². The van der Waals surface area contributed by atoms with E-state index >= 15 is 0 Å². The first-order valence-corrected chi connectivity index (χ1v) is 8.12. The van der Waals surface area contributed by atoms with Crippen LogP contribution in [0.4, 0.5) is 0 Å². The number of nitrogens with one attached hydrogen (secondary N) is 2. The number of carbonyl (C=O) groups excluding carboxylic acids is 2. The summed E-state index contributed by atoms with van der Waals surface area (Å²) < 4.78 is 0. The van der Waals surface area contributed by atoms with Crippen molar-refractivity contribution in [3.05, 3.63) is 89.3 Å². The third-order valence-corrected chi connectivity index (χ3v) is 4.20. The molecule has 2 aliphatic carbocycles. The van der Waals surface area contributed by atoms with Crippen molar-refractivity contribution in [2.45, 2.75) is 12.3 Å². The summed E-state index contributed by atoms with van der Waals surface area (Å²) in [6, 6.07) is 7.14. The van der Waals surface area contributed by atoms with E-state index in [1.807, 2.05) is 6.07 Å². The number of benzene rings is 1. The molecule has 1 aromatic carbocycles. The SMILES string of the molecule is C=CC(N)NC1=CC(=O)C2=Cc3ccccc3C(=O)C2=C1NC(N)C=C. The molecule has 0 bridgehead atoms. The average Bonchev–Trinajstić information content (AvgIpc) is 2.64. The van der Waals surface area contributed by atoms with Crippen LogP contribution >= 0.6 is 0 Å². The molecule has 1 aromatic rings. The molecule has 0 radical (unpaired) electrons. The lowest BCUT2D eigenvalue weighted by Gasteiger charge is -2.29. The summed E-state index contributed by atoms with van der Waals surface area (Å²) in [6.07, 6.45) is 4.91. The molecule has 0 heterocycles. The number of hydrogen-bond acceptors (Lipinski definition) is 6. The predicted octanol–water partition coefficient (Wildman–Crippen LogP) is 1.11. The summed E-state index contributed by atoms with van der Waals surface area (Å²) in [5.74, 6) is -0.524. The van der Waals surface area contributed by atoms with E-state index in [-0.39, 0.29) is 17.1 Å². The van der Waals surface area contributed by atoms with Crippen LogP contribution in [0.5, 0.6) is 0 Å². The second-order valence-corrected chi connectivity index (χ2v) is 5.96. The van der Waals surface area contributed by atoms with Crippen LogP contribution in [0, 0.1) is 0 Å². The van der Waals surface area contributed by atoms with Gasteiger partial charge in [-0.15, -0.1) is 0 Å². The van der Waals surface area contributed by atoms with Crippen LogP contribution in [0.25, 0.3) is 6.08 Å². The van der Waals surface area contributed by atoms with Crippen molar-refractivity contribution in [2.75, 3.05) is 0 Å². The number of ketones is 2. The van der Waals surface area contributed by atoms with Crippen LogP contribution in [0.1, 0.15) is 15.9 Å². The third kappa shape index (κ3) is 3.03. The lowest BCUT2D eigenvalue weighted by molar-refractivity contribution is -0.111. The van der Waals surface area contributed by atoms with Gasteiger partial charge >= 0.3 is 0 Å². The molecule has 0 saturated heterocycles. The van der Waals surface area contributed by atoms with Gasteiger partial charge in [-0.25, -0.2) is 0 Å². The minimum absolute atomic E-state index is 0.246. The molecule has 2 unspecified atom stereocenters. The molecular weight excluding hydrogens is 328 g/mol. The Morgan fingerprint density at radius 3 is 2.31 bits per heavy atom. The Bertz CT molecular complexity index is 908. The van der Waals surface area contributed by atoms with Gasteiger partial charge in [-0.2, -0.15) is 0 Å². The van der Waals surface area contributed by atoms with E-state index in [4.69, 9.17) is 11.5 Å². The summed E-state index contributed by atoms with van der Waals surface area (Å²) >= 11 is 0. The lowest BCUT2D eigenvalue weighted by Crippen LogP contribution is -2.44. The second-order valence-electron chi connectivity index (χ2n) is 5.96. The van der Waals surface area contributed by atoms with E-state index in [0.717, 1.165) is 0 Å². The zero-order valence-corrected chi connectivity index (χ0v) is 14.2. The molecule has 6 heteroatoms. The summed E-state index contributed by atoms with van der Waals surface area (Å²) in [7, 11) is 0. The molecule has 0 spiro atoms. The monoisotopic (exact) mass is 348 g/mol. The molecule has 132 valence electrons. The summed E-state index contributed by atoms with van der Waals surface area (Å²) in [5.41, 5.74) is 14.5. The van der Waals surface area contributed by atoms with Crippen LogP contribution in [0.15, 0.2) is 78.2 Å². The number of carbonyl (C=O) groups is 2. The number of hydrogen-bond donors (Lipinski definition) is 4. The van der Waals surface area contributed by atoms with Gasteiger partial charge in [-0.05, 0) is 11.6 Å². The minimum atomic E-state index is -0.609. The topological polar surface area (TPSA) is 110 Å². The predicted molar refractivity (Wildman–Crippen MR) is 101 cm³/mol. The average molecular weight is 348 g/mol. The highest BCUT2D eigenvalue weighted by Gasteiger charge is 2.34. The van der Waals surface area contributed by atoms with Gasteiger partial charge in [0.2, 0.25) is 0 Å². The Morgan fingerprint density at radius 2 is 1.62 bits per heavy atom. The van der Waals surface area contributed by atoms with E-state index in [1.165, 1.54) is 18.2 Å². The van der Waals surface area contributed by atoms with Crippen LogP contribution in [0.2, 0.25) is 0 Å². The molecule has 26 heavy (non-hydrogen) atoms. The Hall–Kier alpha value is -3.22. The Labute approximate surface area is 151 Å². The standard InChI is InChI=1S/C20H20N4O2/c1-3-16(21)23-14-10-15(25)13-9-11-7-5-6-8-12(11)20(26)18(13)19(14)24-17(22)4-2/h3-10,16-17,23-24H,1-2,21-22H2. The number of fused-ring (bicyclic) bond motifs is 2. The molecule has 0 amide bonds. The zero-order chi connectivity index (χ0) is 18.8. The first-order chi connectivity index (χ1) is 12.5. The Kier molecular flexibility index (Phi) is 4.71. The largest absolute Gasteiger partial charge is 0.365 e. The van der Waals surface area contributed by atoms with Gasteiger partial charge < -0.3 is 22.1 Å². The normalized spacial score (nSPS) is 18.1. The molecule has 0 fully saturated rings. The van der Waals surface area contributed by atoms with E-state index in [1.54, 1.807) is 24.3 Å². The lowest BCUT2D eigenvalue weighted by atomic mass is 9.80. The first kappa shape index (κ1) is 17.6. The van der Waals surface area contributed by atoms with Crippen molar-refractivity contribution < 1.29 is 9.59 Å². The van der Waals surface area contributed by atoms with E-state index < -0.39 is 12.3 Å². The maximum atomic E-state index is 13.1. The molecule has 2 atom stereocenters. The van der Waals surface area contributed by atoms with Crippen molar-refractivity contribution in [3.63, 3.8) is 0 Å². The van der Waals surface area contributed by atoms with Crippen LogP contribution in [-0.2, 0) is 4.79 Å². The van der Waals surface area contributed by atoms with Crippen molar-refractivity contribution >= 4 is 17.6 Å². The van der Waals surface area contributed by atoms with Gasteiger partial charge in [0, 0.05) is 17.2 Å². The summed E-state index contributed by atoms with van der Waals surface area (Å²) in [4.78, 5) is 25.8. The quantitative estimate of drug-likeness (QED) is 0.453. The number of nitrogens with two attached hydrogens (primary N) is 2. The number of rotatable bonds is 6. The third-order valence-electron chi connectivity index (χ3n) is 4.20. The maximum Gasteiger partial charge on any atom is 0.196 e. The van der Waals surface area contributed by atoms with E-state index in [2.05, 4.69) is 23.8 Å². The van der Waals surface area contributed by atoms with E-state index in [9.17, 15) is 9.59 Å². The second kappa shape index (κ2) is 6.95. The number of allylic oxidation sites excluding steroid dienone is 3. The molecule has 3 rings (SSSR count). The van der Waals surface area contributed by atoms with Crippen molar-refractivity contribution in [3.8, 4) is 0 Å². The highest BCUT2D eigenvalue weighted by molar-refractivity contribution is 6.28. The highest BCUT2D eigenvalue weighted by atomic mass is 16.1. The van der Waals surface area contributed by atoms with E-state index in [0.29, 0.717) is 28.1 Å². The molecular formula is C20H20N4O2. The van der Waals surface area contributed by atoms with Crippen molar-refractivity contribution in [2.24, 2.45) is 11.5 Å². The first-order valence-electron chi connectivity index (χ1n) is 8.12. The van der Waals surface area contributed by atoms with Gasteiger partial charge in [-0.1, -0.05) is 49.6 Å². The smallest absolute Gasteiger partial charge is 0.196 e. The van der Waals surface area contributed by atoms with Crippen LogP contribution < -0.4 is 22.1 Å². The van der Waals surface area contributed by atoms with Crippen LogP contribution in [-0.4, -0.2) is 23.9 Å². The summed E-state index contributed by atoms with van der Waals surface area (Å²) in [5, 5.41) is 6.00. The maximum absolute atomic E-state index is 13.1. The molecule has 0 saturated carbocycles. The fourth-order valence-corrected chi connectivity index (χ4v) is 2.90. The molecule has 0 aliphatic heterocycles. The van der Waals surface area contributed by atoms with Gasteiger partial charge in [0.05, 0.1) is 29.3 Å². The highest BCUT2D eigenvalue weighted by Crippen LogP contribution is 2.34. The minimum Gasteiger partial charge on any atom is -0.365 e. The molecule has 0 aromatic heterocycles. The van der Waals surface area contributed by atoms with Gasteiger partial charge in [0.15, 0.2) is 11.6 Å². The fourth-order valence-electron chi connectivity index (χ4n) is 2.90. The summed E-state index contributed by atoms with van der Waals surface area (Å²) in [6.45, 7) is 7.26. The van der Waals surface area contributed by atoms with Gasteiger partial charge in [-0.3, -0.25) is 9.59 Å². The van der Waals surface area contributed by atoms with Crippen molar-refractivity contribution in [1.82, 2.24) is 10.6 Å². The number of Topliss-reactive ketones (excluding diaryl/α,β-unsaturated/α-hetero) is 1. The van der Waals surface area contributed by atoms with Gasteiger partial charge in [0.25, 0.3) is 0 Å². The molecule has 2 aliphatic rings.